The molecule has 2 aromatic rings. The van der Waals surface area contributed by atoms with E-state index in [0.29, 0.717) is 16.1 Å². The molecule has 0 saturated carbocycles. The van der Waals surface area contributed by atoms with Gasteiger partial charge in [0.15, 0.2) is 12.3 Å². The highest BCUT2D eigenvalue weighted by Crippen LogP contribution is 2.18. The van der Waals surface area contributed by atoms with Crippen LogP contribution >= 0.6 is 0 Å². The van der Waals surface area contributed by atoms with Crippen molar-refractivity contribution in [2.75, 3.05) is 5.32 Å². The van der Waals surface area contributed by atoms with Gasteiger partial charge in [-0.1, -0.05) is 0 Å². The van der Waals surface area contributed by atoms with E-state index in [4.69, 9.17) is 4.74 Å². The minimum atomic E-state index is -1.05. The predicted molar refractivity (Wildman–Crippen MR) is 81.6 cm³/mol. The lowest BCUT2D eigenvalue weighted by Gasteiger charge is -2.13. The molecule has 0 aromatic carbocycles. The van der Waals surface area contributed by atoms with Crippen LogP contribution in [0.2, 0.25) is 0 Å². The van der Waals surface area contributed by atoms with Crippen LogP contribution in [0.25, 0.3) is 0 Å². The van der Waals surface area contributed by atoms with E-state index < -0.39 is 18.0 Å². The lowest BCUT2D eigenvalue weighted by atomic mass is 10.3. The monoisotopic (exact) mass is 318 g/mol. The smallest absolute Gasteiger partial charge is 0.405 e. The molecule has 2 rings (SSSR count). The number of nitrogens with zero attached hydrogens (tertiary/aromatic N) is 3. The summed E-state index contributed by atoms with van der Waals surface area (Å²) in [5.74, 6) is -1.35. The molecule has 0 spiro atoms. The second-order valence-electron chi connectivity index (χ2n) is 5.12. The largest absolute Gasteiger partial charge is 0.618 e. The molecule has 1 N–H and O–H groups in total. The number of rotatable bonds is 4. The number of aryl methyl sites for hydroxylation is 2. The van der Waals surface area contributed by atoms with Gasteiger partial charge < -0.3 is 15.3 Å². The van der Waals surface area contributed by atoms with Crippen LogP contribution in [-0.4, -0.2) is 27.8 Å². The van der Waals surface area contributed by atoms with Crippen molar-refractivity contribution in [1.29, 1.82) is 0 Å². The van der Waals surface area contributed by atoms with Crippen molar-refractivity contribution in [3.05, 3.63) is 46.7 Å². The van der Waals surface area contributed by atoms with Gasteiger partial charge in [0.05, 0.1) is 17.1 Å². The number of carbonyl (C=O) groups excluding carboxylic acids is 2. The van der Waals surface area contributed by atoms with Crippen LogP contribution in [0.15, 0.2) is 24.4 Å². The zero-order valence-corrected chi connectivity index (χ0v) is 13.4. The van der Waals surface area contributed by atoms with Gasteiger partial charge in [-0.2, -0.15) is 9.83 Å². The molecule has 0 aliphatic carbocycles. The Morgan fingerprint density at radius 3 is 2.65 bits per heavy atom. The van der Waals surface area contributed by atoms with Crippen molar-refractivity contribution in [2.45, 2.75) is 26.9 Å². The summed E-state index contributed by atoms with van der Waals surface area (Å²) in [6.45, 7) is 5.02. The van der Waals surface area contributed by atoms with Gasteiger partial charge in [-0.15, -0.1) is 0 Å². The first-order chi connectivity index (χ1) is 10.8. The van der Waals surface area contributed by atoms with Gasteiger partial charge in [0, 0.05) is 19.2 Å². The topological polar surface area (TPSA) is 100 Å². The molecule has 0 aliphatic rings. The standard InChI is InChI=1S/C15H18N4O4/c1-9-13(10(2)18(4)17-9)16-14(20)11(3)23-15(21)12-7-5-6-8-19(12)22/h5-8,11H,1-4H3,(H,16,20)/t11-/m1/s1. The van der Waals surface area contributed by atoms with Crippen LogP contribution < -0.4 is 10.0 Å². The average Bonchev–Trinajstić information content (AvgIpc) is 2.73. The van der Waals surface area contributed by atoms with E-state index in [-0.39, 0.29) is 5.69 Å². The molecular formula is C15H18N4O4. The van der Waals surface area contributed by atoms with Gasteiger partial charge >= 0.3 is 11.7 Å². The van der Waals surface area contributed by atoms with Crippen molar-refractivity contribution in [2.24, 2.45) is 7.05 Å². The summed E-state index contributed by atoms with van der Waals surface area (Å²) in [7, 11) is 1.77. The number of hydrogen-bond donors (Lipinski definition) is 1. The van der Waals surface area contributed by atoms with Crippen molar-refractivity contribution < 1.29 is 19.1 Å². The molecule has 23 heavy (non-hydrogen) atoms. The number of pyridine rings is 1. The molecule has 0 fully saturated rings. The van der Waals surface area contributed by atoms with Gasteiger partial charge in [0.1, 0.15) is 0 Å². The minimum Gasteiger partial charge on any atom is -0.618 e. The van der Waals surface area contributed by atoms with E-state index in [9.17, 15) is 14.8 Å². The Bertz CT molecular complexity index is 754. The third kappa shape index (κ3) is 3.47. The van der Waals surface area contributed by atoms with Crippen molar-refractivity contribution in [1.82, 2.24) is 9.78 Å². The fraction of sp³-hybridized carbons (Fsp3) is 0.333. The Morgan fingerprint density at radius 2 is 2.09 bits per heavy atom. The molecule has 0 bridgehead atoms. The number of nitrogens with one attached hydrogen (secondary N) is 1. The molecule has 8 nitrogen and oxygen atoms in total. The first kappa shape index (κ1) is 16.5. The first-order valence-corrected chi connectivity index (χ1v) is 7.01. The van der Waals surface area contributed by atoms with Crippen LogP contribution in [0.1, 0.15) is 28.8 Å². The zero-order chi connectivity index (χ0) is 17.1. The van der Waals surface area contributed by atoms with Crippen LogP contribution in [0, 0.1) is 19.1 Å². The molecule has 122 valence electrons. The van der Waals surface area contributed by atoms with E-state index >= 15 is 0 Å². The highest BCUT2D eigenvalue weighted by molar-refractivity contribution is 5.97. The molecule has 1 atom stereocenters. The van der Waals surface area contributed by atoms with E-state index in [0.717, 1.165) is 5.69 Å². The zero-order valence-electron chi connectivity index (χ0n) is 13.4. The molecule has 0 aliphatic heterocycles. The van der Waals surface area contributed by atoms with E-state index in [1.54, 1.807) is 18.7 Å². The van der Waals surface area contributed by atoms with Crippen molar-refractivity contribution in [3.63, 3.8) is 0 Å². The molecule has 8 heteroatoms. The number of ether oxygens (including phenoxy) is 1. The average molecular weight is 318 g/mol. The second-order valence-corrected chi connectivity index (χ2v) is 5.12. The van der Waals surface area contributed by atoms with E-state index in [1.165, 1.54) is 31.3 Å². The first-order valence-electron chi connectivity index (χ1n) is 7.01. The molecule has 0 unspecified atom stereocenters. The summed E-state index contributed by atoms with van der Waals surface area (Å²) in [5, 5.41) is 18.4. The van der Waals surface area contributed by atoms with Gasteiger partial charge in [-0.05, 0) is 26.8 Å². The van der Waals surface area contributed by atoms with Crippen LogP contribution in [0.4, 0.5) is 5.69 Å². The Balaban J connectivity index is 2.06. The Kier molecular flexibility index (Phi) is 4.63. The lowest BCUT2D eigenvalue weighted by Crippen LogP contribution is -2.37. The van der Waals surface area contributed by atoms with Crippen LogP contribution in [0.3, 0.4) is 0 Å². The van der Waals surface area contributed by atoms with Crippen molar-refractivity contribution in [3.8, 4) is 0 Å². The Morgan fingerprint density at radius 1 is 1.39 bits per heavy atom. The number of hydrogen-bond acceptors (Lipinski definition) is 5. The molecule has 0 saturated heterocycles. The summed E-state index contributed by atoms with van der Waals surface area (Å²) in [5.41, 5.74) is 1.85. The fourth-order valence-electron chi connectivity index (χ4n) is 2.04. The van der Waals surface area contributed by atoms with E-state index in [1.807, 2.05) is 6.92 Å². The van der Waals surface area contributed by atoms with E-state index in [2.05, 4.69) is 10.4 Å². The number of carbonyl (C=O) groups is 2. The predicted octanol–water partition coefficient (Wildman–Crippen LogP) is 0.854. The number of amides is 1. The summed E-state index contributed by atoms with van der Waals surface area (Å²) < 4.78 is 7.07. The molecule has 2 heterocycles. The van der Waals surface area contributed by atoms with Gasteiger partial charge in [-0.3, -0.25) is 9.48 Å². The minimum absolute atomic E-state index is 0.180. The Labute approximate surface area is 133 Å². The third-order valence-electron chi connectivity index (χ3n) is 3.44. The van der Waals surface area contributed by atoms with Crippen molar-refractivity contribution >= 4 is 17.6 Å². The maximum atomic E-state index is 12.2. The van der Waals surface area contributed by atoms with Gasteiger partial charge in [0.25, 0.3) is 5.91 Å². The molecule has 1 amide bonds. The lowest BCUT2D eigenvalue weighted by molar-refractivity contribution is -0.608. The van der Waals surface area contributed by atoms with Gasteiger partial charge in [-0.25, -0.2) is 4.79 Å². The summed E-state index contributed by atoms with van der Waals surface area (Å²) in [4.78, 5) is 24.1. The SMILES string of the molecule is Cc1nn(C)c(C)c1NC(=O)[C@@H](C)OC(=O)c1cccc[n+]1[O-]. The second kappa shape index (κ2) is 6.47. The summed E-state index contributed by atoms with van der Waals surface area (Å²) in [6.07, 6.45) is 0.130. The molecular weight excluding hydrogens is 300 g/mol. The summed E-state index contributed by atoms with van der Waals surface area (Å²) in [6, 6.07) is 4.36. The maximum absolute atomic E-state index is 12.2. The van der Waals surface area contributed by atoms with Crippen LogP contribution in [-0.2, 0) is 16.6 Å². The Hall–Kier alpha value is -2.90. The molecule has 0 radical (unpaired) electrons. The van der Waals surface area contributed by atoms with Crippen LogP contribution in [0.5, 0.6) is 0 Å². The number of anilines is 1. The maximum Gasteiger partial charge on any atom is 0.405 e. The molecule has 2 aromatic heterocycles. The summed E-state index contributed by atoms with van der Waals surface area (Å²) >= 11 is 0. The third-order valence-corrected chi connectivity index (χ3v) is 3.44. The fourth-order valence-corrected chi connectivity index (χ4v) is 2.04. The van der Waals surface area contributed by atoms with Gasteiger partial charge in [0.2, 0.25) is 0 Å². The number of esters is 1. The highest BCUT2D eigenvalue weighted by Gasteiger charge is 2.25. The highest BCUT2D eigenvalue weighted by atomic mass is 16.6. The number of aromatic nitrogens is 3. The normalized spacial score (nSPS) is 11.8. The quantitative estimate of drug-likeness (QED) is 0.512.